The summed E-state index contributed by atoms with van der Waals surface area (Å²) in [5.41, 5.74) is 4.63. The molecule has 0 saturated carbocycles. The summed E-state index contributed by atoms with van der Waals surface area (Å²) in [5.74, 6) is -0.336. The lowest BCUT2D eigenvalue weighted by Gasteiger charge is -2.24. The Morgan fingerprint density at radius 2 is 1.68 bits per heavy atom. The maximum Gasteiger partial charge on any atom is 0.363 e. The summed E-state index contributed by atoms with van der Waals surface area (Å²) in [7, 11) is 0. The van der Waals surface area contributed by atoms with Gasteiger partial charge in [-0.3, -0.25) is 9.68 Å². The van der Waals surface area contributed by atoms with Gasteiger partial charge in [0.2, 0.25) is 0 Å². The molecule has 1 atom stereocenters. The molecular weight excluding hydrogens is 502 g/mol. The van der Waals surface area contributed by atoms with Crippen molar-refractivity contribution in [2.75, 3.05) is 13.2 Å². The van der Waals surface area contributed by atoms with Crippen molar-refractivity contribution in [1.29, 1.82) is 0 Å². The molecule has 0 spiro atoms. The van der Waals surface area contributed by atoms with Crippen LogP contribution in [0.1, 0.15) is 33.8 Å². The highest BCUT2D eigenvalue weighted by atomic mass is 35.5. The van der Waals surface area contributed by atoms with Crippen LogP contribution in [-0.4, -0.2) is 25.0 Å². The highest BCUT2D eigenvalue weighted by Crippen LogP contribution is 2.36. The van der Waals surface area contributed by atoms with Crippen LogP contribution in [0.5, 0.6) is 11.5 Å². The van der Waals surface area contributed by atoms with Crippen molar-refractivity contribution in [3.63, 3.8) is 0 Å². The Hall–Kier alpha value is -4.29. The number of rotatable bonds is 8. The largest absolute Gasteiger partial charge is 0.493 e. The summed E-state index contributed by atoms with van der Waals surface area (Å²) in [6, 6.07) is 30.0. The van der Waals surface area contributed by atoms with Crippen LogP contribution in [0.4, 0.5) is 0 Å². The van der Waals surface area contributed by atoms with Crippen LogP contribution >= 0.6 is 11.6 Å². The van der Waals surface area contributed by atoms with Gasteiger partial charge >= 0.3 is 5.97 Å². The molecule has 6 nitrogen and oxygen atoms in total. The van der Waals surface area contributed by atoms with E-state index >= 15 is 0 Å². The fourth-order valence-corrected chi connectivity index (χ4v) is 4.65. The second-order valence-electron chi connectivity index (χ2n) is 8.91. The SMILES string of the molecule is O=C(NCCc1ccccc1-c1ccccc1)c1ccc(OOC(=O)C2CCOc3ccc(Cl)cc32)cc1. The first kappa shape index (κ1) is 25.4. The molecule has 38 heavy (non-hydrogen) atoms. The second kappa shape index (κ2) is 11.8. The van der Waals surface area contributed by atoms with Crippen LogP contribution in [0.2, 0.25) is 5.02 Å². The van der Waals surface area contributed by atoms with E-state index < -0.39 is 11.9 Å². The number of carbonyl (C=O) groups excluding carboxylic acids is 2. The summed E-state index contributed by atoms with van der Waals surface area (Å²) in [4.78, 5) is 35.6. The van der Waals surface area contributed by atoms with Gasteiger partial charge in [-0.1, -0.05) is 66.2 Å². The molecule has 1 N–H and O–H groups in total. The predicted octanol–water partition coefficient (Wildman–Crippen LogP) is 6.38. The minimum absolute atomic E-state index is 0.193. The smallest absolute Gasteiger partial charge is 0.363 e. The Kier molecular flexibility index (Phi) is 7.90. The van der Waals surface area contributed by atoms with Crippen molar-refractivity contribution in [3.8, 4) is 22.6 Å². The van der Waals surface area contributed by atoms with E-state index in [-0.39, 0.29) is 5.91 Å². The van der Waals surface area contributed by atoms with Crippen molar-refractivity contribution in [2.45, 2.75) is 18.8 Å². The molecule has 0 aromatic heterocycles. The molecule has 0 fully saturated rings. The molecule has 0 bridgehead atoms. The number of fused-ring (bicyclic) bond motifs is 1. The summed E-state index contributed by atoms with van der Waals surface area (Å²) < 4.78 is 5.59. The average Bonchev–Trinajstić information content (AvgIpc) is 2.96. The number of carbonyl (C=O) groups is 2. The zero-order chi connectivity index (χ0) is 26.3. The maximum atomic E-state index is 12.7. The van der Waals surface area contributed by atoms with Gasteiger partial charge < -0.3 is 10.1 Å². The fraction of sp³-hybridized carbons (Fsp3) is 0.161. The summed E-state index contributed by atoms with van der Waals surface area (Å²) >= 11 is 6.08. The number of hydrogen-bond donors (Lipinski definition) is 1. The van der Waals surface area contributed by atoms with Gasteiger partial charge in [0.25, 0.3) is 5.91 Å². The standard InChI is InChI=1S/C31H26ClNO5/c32-24-12-15-29-28(20-24)27(17-19-36-29)31(35)38-37-25-13-10-23(11-14-25)30(34)33-18-16-22-8-4-5-9-26(22)21-6-2-1-3-7-21/h1-15,20,27H,16-19H2,(H,33,34). The molecule has 1 heterocycles. The Morgan fingerprint density at radius 1 is 0.921 bits per heavy atom. The van der Waals surface area contributed by atoms with Gasteiger partial charge in [0.15, 0.2) is 5.75 Å². The zero-order valence-electron chi connectivity index (χ0n) is 20.6. The van der Waals surface area contributed by atoms with Crippen LogP contribution in [0.25, 0.3) is 11.1 Å². The van der Waals surface area contributed by atoms with E-state index in [9.17, 15) is 9.59 Å². The van der Waals surface area contributed by atoms with Gasteiger partial charge in [0.1, 0.15) is 5.75 Å². The van der Waals surface area contributed by atoms with E-state index in [4.69, 9.17) is 26.1 Å². The van der Waals surface area contributed by atoms with E-state index in [1.807, 2.05) is 30.3 Å². The number of amides is 1. The number of ether oxygens (including phenoxy) is 1. The first-order valence-corrected chi connectivity index (χ1v) is 12.8. The molecule has 5 rings (SSSR count). The van der Waals surface area contributed by atoms with Gasteiger partial charge in [-0.25, -0.2) is 9.68 Å². The van der Waals surface area contributed by atoms with Crippen molar-refractivity contribution in [2.24, 2.45) is 0 Å². The lowest BCUT2D eigenvalue weighted by atomic mass is 9.93. The van der Waals surface area contributed by atoms with Crippen LogP contribution in [0.3, 0.4) is 0 Å². The molecule has 0 radical (unpaired) electrons. The van der Waals surface area contributed by atoms with Crippen LogP contribution < -0.4 is 14.9 Å². The van der Waals surface area contributed by atoms with Crippen molar-refractivity contribution in [1.82, 2.24) is 5.32 Å². The third-order valence-corrected chi connectivity index (χ3v) is 6.65. The van der Waals surface area contributed by atoms with Crippen molar-refractivity contribution in [3.05, 3.63) is 119 Å². The van der Waals surface area contributed by atoms with Gasteiger partial charge in [-0.2, -0.15) is 0 Å². The first-order valence-electron chi connectivity index (χ1n) is 12.4. The molecule has 0 saturated heterocycles. The third-order valence-electron chi connectivity index (χ3n) is 6.41. The second-order valence-corrected chi connectivity index (χ2v) is 9.35. The molecule has 1 amide bonds. The summed E-state index contributed by atoms with van der Waals surface area (Å²) in [6.07, 6.45) is 1.17. The van der Waals surface area contributed by atoms with E-state index in [2.05, 4.69) is 29.6 Å². The van der Waals surface area contributed by atoms with Crippen molar-refractivity contribution < 1.29 is 24.1 Å². The molecule has 4 aromatic rings. The Morgan fingerprint density at radius 3 is 2.50 bits per heavy atom. The number of nitrogens with one attached hydrogen (secondary N) is 1. The molecule has 1 unspecified atom stereocenters. The van der Waals surface area contributed by atoms with Gasteiger partial charge in [-0.05, 0) is 72.0 Å². The van der Waals surface area contributed by atoms with Gasteiger partial charge in [-0.15, -0.1) is 0 Å². The van der Waals surface area contributed by atoms with E-state index in [0.29, 0.717) is 53.6 Å². The fourth-order valence-electron chi connectivity index (χ4n) is 4.47. The molecule has 192 valence electrons. The van der Waals surface area contributed by atoms with Crippen LogP contribution in [-0.2, 0) is 16.1 Å². The third kappa shape index (κ3) is 5.98. The highest BCUT2D eigenvalue weighted by molar-refractivity contribution is 6.30. The quantitative estimate of drug-likeness (QED) is 0.212. The lowest BCUT2D eigenvalue weighted by Crippen LogP contribution is -2.25. The maximum absolute atomic E-state index is 12.7. The molecule has 1 aliphatic rings. The molecular formula is C31H26ClNO5. The average molecular weight is 528 g/mol. The molecule has 7 heteroatoms. The predicted molar refractivity (Wildman–Crippen MR) is 145 cm³/mol. The van der Waals surface area contributed by atoms with E-state index in [0.717, 1.165) is 11.1 Å². The molecule has 0 aliphatic carbocycles. The van der Waals surface area contributed by atoms with Gasteiger partial charge in [0.05, 0.1) is 12.5 Å². The Balaban J connectivity index is 1.13. The van der Waals surface area contributed by atoms with E-state index in [1.165, 1.54) is 5.56 Å². The number of halogens is 1. The Bertz CT molecular complexity index is 1420. The molecule has 1 aliphatic heterocycles. The monoisotopic (exact) mass is 527 g/mol. The first-order chi connectivity index (χ1) is 18.6. The highest BCUT2D eigenvalue weighted by Gasteiger charge is 2.30. The minimum Gasteiger partial charge on any atom is -0.493 e. The number of benzene rings is 4. The topological polar surface area (TPSA) is 73.9 Å². The molecule has 4 aromatic carbocycles. The van der Waals surface area contributed by atoms with Crippen LogP contribution in [0, 0.1) is 0 Å². The lowest BCUT2D eigenvalue weighted by molar-refractivity contribution is -0.216. The van der Waals surface area contributed by atoms with E-state index in [1.54, 1.807) is 42.5 Å². The normalized spacial score (nSPS) is 14.1. The van der Waals surface area contributed by atoms with Gasteiger partial charge in [0, 0.05) is 22.7 Å². The minimum atomic E-state index is -0.533. The zero-order valence-corrected chi connectivity index (χ0v) is 21.3. The van der Waals surface area contributed by atoms with Crippen molar-refractivity contribution >= 4 is 23.5 Å². The Labute approximate surface area is 226 Å². The summed E-state index contributed by atoms with van der Waals surface area (Å²) in [5, 5.41) is 3.48. The summed E-state index contributed by atoms with van der Waals surface area (Å²) in [6.45, 7) is 0.894. The van der Waals surface area contributed by atoms with Crippen LogP contribution in [0.15, 0.2) is 97.1 Å². The number of hydrogen-bond acceptors (Lipinski definition) is 5.